The van der Waals surface area contributed by atoms with Crippen molar-refractivity contribution in [2.24, 2.45) is 0 Å². The van der Waals surface area contributed by atoms with E-state index >= 15 is 0 Å². The highest BCUT2D eigenvalue weighted by Crippen LogP contribution is 2.45. The maximum Gasteiger partial charge on any atom is 0.244 e. The molecule has 146 valence electrons. The highest BCUT2D eigenvalue weighted by Gasteiger charge is 2.42. The minimum Gasteiger partial charge on any atom is -0.369 e. The summed E-state index contributed by atoms with van der Waals surface area (Å²) >= 11 is 1.78. The molecule has 0 radical (unpaired) electrons. The fourth-order valence-electron chi connectivity index (χ4n) is 4.01. The van der Waals surface area contributed by atoms with Crippen molar-refractivity contribution in [1.82, 2.24) is 9.71 Å². The van der Waals surface area contributed by atoms with Crippen LogP contribution in [0, 0.1) is 0 Å². The molecule has 1 N–H and O–H groups in total. The van der Waals surface area contributed by atoms with Gasteiger partial charge in [0.05, 0.1) is 6.61 Å². The van der Waals surface area contributed by atoms with Crippen molar-refractivity contribution in [3.05, 3.63) is 40.2 Å². The van der Waals surface area contributed by atoms with E-state index in [9.17, 15) is 8.42 Å². The highest BCUT2D eigenvalue weighted by atomic mass is 32.2. The standard InChI is InChI=1S/C19H25N3O3S2/c1-14(2)21-27(23,24)16-4-3-9-20-18(16)22-10-7-19(8-11-22)17-15(5-12-25-19)6-13-26-17/h3-4,6,9,13-14,21H,5,7-8,10-12H2,1-2H3. The zero-order valence-electron chi connectivity index (χ0n) is 15.6. The average molecular weight is 408 g/mol. The Morgan fingerprint density at radius 2 is 2.07 bits per heavy atom. The number of anilines is 1. The highest BCUT2D eigenvalue weighted by molar-refractivity contribution is 7.89. The maximum absolute atomic E-state index is 12.7. The van der Waals surface area contributed by atoms with Crippen molar-refractivity contribution >= 4 is 27.2 Å². The molecule has 0 aliphatic carbocycles. The zero-order chi connectivity index (χ0) is 19.1. The van der Waals surface area contributed by atoms with E-state index in [4.69, 9.17) is 4.74 Å². The summed E-state index contributed by atoms with van der Waals surface area (Å²) in [7, 11) is -3.60. The van der Waals surface area contributed by atoms with Gasteiger partial charge in [-0.1, -0.05) is 0 Å². The van der Waals surface area contributed by atoms with Crippen molar-refractivity contribution in [2.75, 3.05) is 24.6 Å². The van der Waals surface area contributed by atoms with Gasteiger partial charge in [0.1, 0.15) is 16.3 Å². The lowest BCUT2D eigenvalue weighted by atomic mass is 9.85. The first-order chi connectivity index (χ1) is 12.9. The molecule has 0 atom stereocenters. The number of ether oxygens (including phenoxy) is 1. The third-order valence-corrected chi connectivity index (χ3v) is 8.03. The van der Waals surface area contributed by atoms with Crippen LogP contribution in [-0.4, -0.2) is 39.1 Å². The van der Waals surface area contributed by atoms with Crippen LogP contribution in [0.15, 0.2) is 34.7 Å². The first kappa shape index (κ1) is 18.9. The third kappa shape index (κ3) is 3.51. The topological polar surface area (TPSA) is 71.5 Å². The SMILES string of the molecule is CC(C)NS(=O)(=O)c1cccnc1N1CCC2(CC1)OCCc1ccsc12. The van der Waals surface area contributed by atoms with Crippen LogP contribution in [0.4, 0.5) is 5.82 Å². The molecule has 4 rings (SSSR count). The lowest BCUT2D eigenvalue weighted by Crippen LogP contribution is -2.46. The van der Waals surface area contributed by atoms with Crippen molar-refractivity contribution in [3.63, 3.8) is 0 Å². The second-order valence-corrected chi connectivity index (χ2v) is 10.1. The minimum absolute atomic E-state index is 0.166. The van der Waals surface area contributed by atoms with E-state index in [0.29, 0.717) is 5.82 Å². The fourth-order valence-corrected chi connectivity index (χ4v) is 6.60. The molecule has 0 amide bonds. The molecule has 27 heavy (non-hydrogen) atoms. The second-order valence-electron chi connectivity index (χ2n) is 7.46. The Bertz CT molecular complexity index is 916. The summed E-state index contributed by atoms with van der Waals surface area (Å²) in [6, 6.07) is 5.34. The number of rotatable bonds is 4. The van der Waals surface area contributed by atoms with E-state index in [-0.39, 0.29) is 16.5 Å². The smallest absolute Gasteiger partial charge is 0.244 e. The van der Waals surface area contributed by atoms with Crippen LogP contribution in [0.25, 0.3) is 0 Å². The molecular formula is C19H25N3O3S2. The Hall–Kier alpha value is -1.48. The third-order valence-electron chi connectivity index (χ3n) is 5.21. The summed E-state index contributed by atoms with van der Waals surface area (Å²) < 4.78 is 34.4. The summed E-state index contributed by atoms with van der Waals surface area (Å²) in [5.74, 6) is 0.530. The Kier molecular flexibility index (Phi) is 5.00. The minimum atomic E-state index is -3.60. The first-order valence-electron chi connectivity index (χ1n) is 9.34. The molecule has 0 unspecified atom stereocenters. The van der Waals surface area contributed by atoms with Gasteiger partial charge in [0, 0.05) is 30.2 Å². The molecule has 1 spiro atoms. The van der Waals surface area contributed by atoms with Gasteiger partial charge in [-0.25, -0.2) is 18.1 Å². The molecule has 0 aromatic carbocycles. The largest absolute Gasteiger partial charge is 0.369 e. The number of fused-ring (bicyclic) bond motifs is 2. The molecular weight excluding hydrogens is 382 g/mol. The number of sulfonamides is 1. The van der Waals surface area contributed by atoms with Crippen LogP contribution in [-0.2, 0) is 26.8 Å². The molecule has 2 aliphatic heterocycles. The maximum atomic E-state index is 12.7. The number of hydrogen-bond donors (Lipinski definition) is 1. The van der Waals surface area contributed by atoms with Gasteiger partial charge in [0.25, 0.3) is 0 Å². The summed E-state index contributed by atoms with van der Waals surface area (Å²) in [4.78, 5) is 8.08. The molecule has 2 aromatic rings. The Morgan fingerprint density at radius 1 is 1.30 bits per heavy atom. The van der Waals surface area contributed by atoms with Crippen LogP contribution >= 0.6 is 11.3 Å². The van der Waals surface area contributed by atoms with E-state index < -0.39 is 10.0 Å². The van der Waals surface area contributed by atoms with Gasteiger partial charge in [0.2, 0.25) is 10.0 Å². The van der Waals surface area contributed by atoms with Crippen molar-refractivity contribution in [3.8, 4) is 0 Å². The lowest BCUT2D eigenvalue weighted by Gasteiger charge is -2.44. The van der Waals surface area contributed by atoms with Gasteiger partial charge in [-0.2, -0.15) is 0 Å². The van der Waals surface area contributed by atoms with Crippen molar-refractivity contribution in [2.45, 2.75) is 49.6 Å². The molecule has 6 nitrogen and oxygen atoms in total. The molecule has 4 heterocycles. The molecule has 8 heteroatoms. The van der Waals surface area contributed by atoms with Gasteiger partial charge in [-0.05, 0) is 62.3 Å². The van der Waals surface area contributed by atoms with E-state index in [2.05, 4.69) is 26.1 Å². The summed E-state index contributed by atoms with van der Waals surface area (Å²) in [5.41, 5.74) is 1.18. The normalized spacial score (nSPS) is 19.4. The predicted octanol–water partition coefficient (Wildman–Crippen LogP) is 2.90. The monoisotopic (exact) mass is 407 g/mol. The molecule has 1 fully saturated rings. The quantitative estimate of drug-likeness (QED) is 0.844. The van der Waals surface area contributed by atoms with E-state index in [0.717, 1.165) is 39.0 Å². The average Bonchev–Trinajstić information content (AvgIpc) is 3.12. The summed E-state index contributed by atoms with van der Waals surface area (Å²) in [6.45, 7) is 5.83. The van der Waals surface area contributed by atoms with Crippen LogP contribution < -0.4 is 9.62 Å². The van der Waals surface area contributed by atoms with Gasteiger partial charge in [-0.3, -0.25) is 0 Å². The van der Waals surface area contributed by atoms with Gasteiger partial charge < -0.3 is 9.64 Å². The van der Waals surface area contributed by atoms with Crippen LogP contribution in [0.1, 0.15) is 37.1 Å². The molecule has 2 aromatic heterocycles. The molecule has 0 saturated carbocycles. The second kappa shape index (κ2) is 7.16. The summed E-state index contributed by atoms with van der Waals surface area (Å²) in [5, 5.41) is 2.15. The first-order valence-corrected chi connectivity index (χ1v) is 11.7. The van der Waals surface area contributed by atoms with E-state index in [1.54, 1.807) is 29.7 Å². The van der Waals surface area contributed by atoms with Gasteiger partial charge in [-0.15, -0.1) is 11.3 Å². The number of pyridine rings is 1. The number of nitrogens with one attached hydrogen (secondary N) is 1. The zero-order valence-corrected chi connectivity index (χ0v) is 17.3. The lowest BCUT2D eigenvalue weighted by molar-refractivity contribution is -0.0736. The van der Waals surface area contributed by atoms with Gasteiger partial charge in [0.15, 0.2) is 0 Å². The molecule has 2 aliphatic rings. The number of piperidine rings is 1. The van der Waals surface area contributed by atoms with Crippen LogP contribution in [0.3, 0.4) is 0 Å². The molecule has 0 bridgehead atoms. The van der Waals surface area contributed by atoms with Crippen molar-refractivity contribution < 1.29 is 13.2 Å². The Labute approximate surface area is 164 Å². The van der Waals surface area contributed by atoms with E-state index in [1.165, 1.54) is 10.4 Å². The van der Waals surface area contributed by atoms with E-state index in [1.807, 2.05) is 13.8 Å². The number of thiophene rings is 1. The van der Waals surface area contributed by atoms with Crippen LogP contribution in [0.2, 0.25) is 0 Å². The Balaban J connectivity index is 1.59. The number of hydrogen-bond acceptors (Lipinski definition) is 6. The number of nitrogens with zero attached hydrogens (tertiary/aromatic N) is 2. The fraction of sp³-hybridized carbons (Fsp3) is 0.526. The number of aromatic nitrogens is 1. The molecule has 1 saturated heterocycles. The Morgan fingerprint density at radius 3 is 2.81 bits per heavy atom. The van der Waals surface area contributed by atoms with Crippen molar-refractivity contribution in [1.29, 1.82) is 0 Å². The predicted molar refractivity (Wildman–Crippen MR) is 107 cm³/mol. The van der Waals surface area contributed by atoms with Crippen LogP contribution in [0.5, 0.6) is 0 Å². The van der Waals surface area contributed by atoms with Gasteiger partial charge >= 0.3 is 0 Å². The summed E-state index contributed by atoms with van der Waals surface area (Å²) in [6.07, 6.45) is 4.32.